The van der Waals surface area contributed by atoms with E-state index in [-0.39, 0.29) is 0 Å². The Kier molecular flexibility index (Phi) is 3.36. The summed E-state index contributed by atoms with van der Waals surface area (Å²) >= 11 is 0. The molecule has 0 saturated heterocycles. The third-order valence-electron chi connectivity index (χ3n) is 3.44. The molecule has 4 heteroatoms. The predicted molar refractivity (Wildman–Crippen MR) is 76.5 cm³/mol. The first-order chi connectivity index (χ1) is 9.85. The zero-order chi connectivity index (χ0) is 13.9. The number of rotatable bonds is 3. The minimum Gasteiger partial charge on any atom is -0.395 e. The molecule has 100 valence electrons. The van der Waals surface area contributed by atoms with Crippen molar-refractivity contribution in [3.63, 3.8) is 0 Å². The van der Waals surface area contributed by atoms with Gasteiger partial charge in [-0.15, -0.1) is 0 Å². The second-order valence-corrected chi connectivity index (χ2v) is 4.67. The number of benzene rings is 2. The molecule has 0 saturated carbocycles. The van der Waals surface area contributed by atoms with E-state index >= 15 is 0 Å². The van der Waals surface area contributed by atoms with Crippen LogP contribution in [0.25, 0.3) is 10.8 Å². The number of fused-ring (bicyclic) bond motifs is 1. The molecule has 0 aliphatic carbocycles. The number of hydrogen-bond acceptors (Lipinski definition) is 4. The summed E-state index contributed by atoms with van der Waals surface area (Å²) < 4.78 is 5.27. The van der Waals surface area contributed by atoms with Gasteiger partial charge in [0, 0.05) is 24.5 Å². The molecule has 0 spiro atoms. The van der Waals surface area contributed by atoms with Crippen molar-refractivity contribution in [2.24, 2.45) is 5.16 Å². The average molecular weight is 266 g/mol. The van der Waals surface area contributed by atoms with E-state index in [0.29, 0.717) is 18.8 Å². The van der Waals surface area contributed by atoms with Gasteiger partial charge in [-0.3, -0.25) is 0 Å². The van der Waals surface area contributed by atoms with E-state index in [1.807, 2.05) is 24.3 Å². The minimum atomic E-state index is 0.452. The Labute approximate surface area is 117 Å². The lowest BCUT2D eigenvalue weighted by molar-refractivity contribution is 0.173. The summed E-state index contributed by atoms with van der Waals surface area (Å²) in [6.45, 7) is 1.02. The normalized spacial score (nSPS) is 13.9. The molecule has 2 aromatic rings. The van der Waals surface area contributed by atoms with Crippen molar-refractivity contribution >= 4 is 16.5 Å². The maximum Gasteiger partial charge on any atom is 0.122 e. The van der Waals surface area contributed by atoms with Crippen molar-refractivity contribution in [1.82, 2.24) is 0 Å². The summed E-state index contributed by atoms with van der Waals surface area (Å²) in [5, 5.41) is 15.6. The van der Waals surface area contributed by atoms with Crippen molar-refractivity contribution in [3.05, 3.63) is 47.0 Å². The van der Waals surface area contributed by atoms with Crippen LogP contribution in [0.2, 0.25) is 0 Å². The molecule has 2 aromatic carbocycles. The summed E-state index contributed by atoms with van der Waals surface area (Å²) in [4.78, 5) is 5.09. The Balaban J connectivity index is 2.33. The first-order valence-electron chi connectivity index (χ1n) is 6.48. The molecule has 0 N–H and O–H groups in total. The van der Waals surface area contributed by atoms with Gasteiger partial charge in [0.25, 0.3) is 0 Å². The van der Waals surface area contributed by atoms with Gasteiger partial charge in [0.2, 0.25) is 0 Å². The van der Waals surface area contributed by atoms with Gasteiger partial charge in [-0.25, -0.2) is 0 Å². The van der Waals surface area contributed by atoms with Gasteiger partial charge in [-0.2, -0.15) is 5.26 Å². The summed E-state index contributed by atoms with van der Waals surface area (Å²) in [7, 11) is 1.65. The number of oxime groups is 1. The quantitative estimate of drug-likeness (QED) is 0.858. The van der Waals surface area contributed by atoms with Gasteiger partial charge in [-0.05, 0) is 17.0 Å². The monoisotopic (exact) mass is 266 g/mol. The molecule has 20 heavy (non-hydrogen) atoms. The standard InChI is InChI=1S/C16H14N2O2/c1-19-10-12-8-11-4-2-3-5-13(11)14(9-17)16(12)15-6-7-20-18-15/h2-5,8H,6-7,10H2,1H3. The van der Waals surface area contributed by atoms with Gasteiger partial charge < -0.3 is 9.57 Å². The zero-order valence-electron chi connectivity index (χ0n) is 11.2. The highest BCUT2D eigenvalue weighted by Crippen LogP contribution is 2.28. The molecular formula is C16H14N2O2. The van der Waals surface area contributed by atoms with Gasteiger partial charge in [0.05, 0.1) is 17.9 Å². The fourth-order valence-electron chi connectivity index (χ4n) is 2.60. The van der Waals surface area contributed by atoms with Gasteiger partial charge in [0.15, 0.2) is 0 Å². The lowest BCUT2D eigenvalue weighted by Crippen LogP contribution is -2.08. The van der Waals surface area contributed by atoms with Crippen LogP contribution in [0, 0.1) is 11.3 Å². The van der Waals surface area contributed by atoms with Crippen LogP contribution in [0.15, 0.2) is 35.5 Å². The maximum absolute atomic E-state index is 9.58. The fourth-order valence-corrected chi connectivity index (χ4v) is 2.60. The Bertz CT molecular complexity index is 729. The first kappa shape index (κ1) is 12.6. The summed E-state index contributed by atoms with van der Waals surface area (Å²) in [6.07, 6.45) is 0.726. The molecular weight excluding hydrogens is 252 g/mol. The second kappa shape index (κ2) is 5.32. The summed E-state index contributed by atoms with van der Waals surface area (Å²) in [5.74, 6) is 0. The highest BCUT2D eigenvalue weighted by atomic mass is 16.6. The highest BCUT2D eigenvalue weighted by Gasteiger charge is 2.21. The fraction of sp³-hybridized carbons (Fsp3) is 0.250. The molecule has 0 atom stereocenters. The van der Waals surface area contributed by atoms with E-state index in [0.717, 1.165) is 34.0 Å². The van der Waals surface area contributed by atoms with E-state index in [1.54, 1.807) is 7.11 Å². The number of methoxy groups -OCH3 is 1. The molecule has 0 amide bonds. The summed E-state index contributed by atoms with van der Waals surface area (Å²) in [6, 6.07) is 12.3. The van der Waals surface area contributed by atoms with Gasteiger partial charge in [-0.1, -0.05) is 29.4 Å². The van der Waals surface area contributed by atoms with Crippen LogP contribution in [0.1, 0.15) is 23.1 Å². The number of nitrogens with zero attached hydrogens (tertiary/aromatic N) is 2. The van der Waals surface area contributed by atoms with Crippen molar-refractivity contribution < 1.29 is 9.57 Å². The molecule has 0 aromatic heterocycles. The summed E-state index contributed by atoms with van der Waals surface area (Å²) in [5.41, 5.74) is 3.33. The Morgan fingerprint density at radius 1 is 1.40 bits per heavy atom. The Hall–Kier alpha value is -2.38. The number of hydrogen-bond donors (Lipinski definition) is 0. The molecule has 0 radical (unpaired) electrons. The molecule has 1 aliphatic rings. The van der Waals surface area contributed by atoms with Crippen molar-refractivity contribution in [1.29, 1.82) is 5.26 Å². The smallest absolute Gasteiger partial charge is 0.122 e. The number of nitriles is 1. The largest absolute Gasteiger partial charge is 0.395 e. The van der Waals surface area contributed by atoms with Crippen LogP contribution < -0.4 is 0 Å². The second-order valence-electron chi connectivity index (χ2n) is 4.67. The molecule has 0 bridgehead atoms. The predicted octanol–water partition coefficient (Wildman–Crippen LogP) is 2.98. The van der Waals surface area contributed by atoms with E-state index in [9.17, 15) is 5.26 Å². The van der Waals surface area contributed by atoms with E-state index < -0.39 is 0 Å². The van der Waals surface area contributed by atoms with Crippen LogP contribution in [-0.4, -0.2) is 19.4 Å². The maximum atomic E-state index is 9.58. The average Bonchev–Trinajstić information content (AvgIpc) is 3.00. The first-order valence-corrected chi connectivity index (χ1v) is 6.48. The molecule has 1 heterocycles. The Morgan fingerprint density at radius 3 is 2.95 bits per heavy atom. The van der Waals surface area contributed by atoms with Gasteiger partial charge >= 0.3 is 0 Å². The van der Waals surface area contributed by atoms with Crippen LogP contribution in [0.4, 0.5) is 0 Å². The Morgan fingerprint density at radius 2 is 2.25 bits per heavy atom. The zero-order valence-corrected chi connectivity index (χ0v) is 11.2. The van der Waals surface area contributed by atoms with Crippen molar-refractivity contribution in [2.75, 3.05) is 13.7 Å². The molecule has 1 aliphatic heterocycles. The third-order valence-corrected chi connectivity index (χ3v) is 3.44. The van der Waals surface area contributed by atoms with Crippen LogP contribution in [-0.2, 0) is 16.2 Å². The molecule has 0 fully saturated rings. The number of ether oxygens (including phenoxy) is 1. The molecule has 3 rings (SSSR count). The lowest BCUT2D eigenvalue weighted by Gasteiger charge is -2.13. The topological polar surface area (TPSA) is 54.6 Å². The van der Waals surface area contributed by atoms with E-state index in [2.05, 4.69) is 17.3 Å². The lowest BCUT2D eigenvalue weighted by atomic mass is 9.91. The van der Waals surface area contributed by atoms with Crippen LogP contribution in [0.3, 0.4) is 0 Å². The van der Waals surface area contributed by atoms with E-state index in [4.69, 9.17) is 9.57 Å². The van der Waals surface area contributed by atoms with E-state index in [1.165, 1.54) is 0 Å². The third kappa shape index (κ3) is 2.02. The van der Waals surface area contributed by atoms with Crippen molar-refractivity contribution in [3.8, 4) is 6.07 Å². The SMILES string of the molecule is COCc1cc2ccccc2c(C#N)c1C1=NOCC1. The van der Waals surface area contributed by atoms with Gasteiger partial charge in [0.1, 0.15) is 12.7 Å². The van der Waals surface area contributed by atoms with Crippen molar-refractivity contribution in [2.45, 2.75) is 13.0 Å². The minimum absolute atomic E-state index is 0.452. The molecule has 4 nitrogen and oxygen atoms in total. The van der Waals surface area contributed by atoms with Crippen LogP contribution in [0.5, 0.6) is 0 Å². The molecule has 0 unspecified atom stereocenters. The highest BCUT2D eigenvalue weighted by molar-refractivity contribution is 6.08. The van der Waals surface area contributed by atoms with Crippen LogP contribution >= 0.6 is 0 Å².